The predicted molar refractivity (Wildman–Crippen MR) is 93.2 cm³/mol. The van der Waals surface area contributed by atoms with E-state index >= 15 is 0 Å². The Labute approximate surface area is 131 Å². The number of rotatable bonds is 2. The van der Waals surface area contributed by atoms with Crippen LogP contribution in [0.5, 0.6) is 5.75 Å². The van der Waals surface area contributed by atoms with Gasteiger partial charge in [0.1, 0.15) is 5.75 Å². The summed E-state index contributed by atoms with van der Waals surface area (Å²) in [4.78, 5) is 0. The van der Waals surface area contributed by atoms with E-state index in [0.29, 0.717) is 5.75 Å². The monoisotopic (exact) mass is 372 g/mol. The number of phenols is 1. The summed E-state index contributed by atoms with van der Waals surface area (Å²) in [6.45, 7) is 0. The molecule has 3 aromatic rings. The van der Waals surface area contributed by atoms with E-state index in [0.717, 1.165) is 27.5 Å². The number of phenolic OH excluding ortho intramolecular Hbond substituents is 1. The van der Waals surface area contributed by atoms with Crippen molar-refractivity contribution in [2.75, 3.05) is 0 Å². The molecule has 1 nitrogen and oxygen atoms in total. The summed E-state index contributed by atoms with van der Waals surface area (Å²) >= 11 is 2.23. The lowest BCUT2D eigenvalue weighted by Gasteiger charge is -2.13. The van der Waals surface area contributed by atoms with E-state index in [1.165, 1.54) is 0 Å². The summed E-state index contributed by atoms with van der Waals surface area (Å²) < 4.78 is 2.02. The van der Waals surface area contributed by atoms with E-state index in [2.05, 4.69) is 40.8 Å². The van der Waals surface area contributed by atoms with E-state index in [1.807, 2.05) is 46.5 Å². The van der Waals surface area contributed by atoms with Crippen LogP contribution in [0, 0.1) is 0 Å². The molecule has 0 aliphatic heterocycles. The maximum Gasteiger partial charge on any atom is 0.124 e. The lowest BCUT2D eigenvalue weighted by atomic mass is 9.93. The van der Waals surface area contributed by atoms with Gasteiger partial charge in [0, 0.05) is 5.56 Å². The molecule has 0 spiro atoms. The van der Waals surface area contributed by atoms with Gasteiger partial charge in [0.25, 0.3) is 0 Å². The van der Waals surface area contributed by atoms with Crippen LogP contribution in [0.3, 0.4) is 0 Å². The van der Waals surface area contributed by atoms with Gasteiger partial charge in [-0.1, -0.05) is 83.3 Å². The second kappa shape index (κ2) is 5.67. The standard InChI is InChI=1S/C18H13IO/c19-12-16(13-6-2-1-3-7-13)18-15-9-5-4-8-14(15)10-11-17(18)20/h1-12,20H. The molecule has 2 heteroatoms. The van der Waals surface area contributed by atoms with Crippen LogP contribution in [0.1, 0.15) is 11.1 Å². The van der Waals surface area contributed by atoms with Crippen LogP contribution in [0.2, 0.25) is 0 Å². The highest BCUT2D eigenvalue weighted by molar-refractivity contribution is 14.1. The summed E-state index contributed by atoms with van der Waals surface area (Å²) in [5, 5.41) is 12.5. The molecule has 0 saturated carbocycles. The van der Waals surface area contributed by atoms with Crippen LogP contribution in [0.4, 0.5) is 0 Å². The Bertz CT molecular complexity index is 776. The van der Waals surface area contributed by atoms with Crippen molar-refractivity contribution in [2.45, 2.75) is 0 Å². The van der Waals surface area contributed by atoms with E-state index in [-0.39, 0.29) is 0 Å². The molecular formula is C18H13IO. The first kappa shape index (κ1) is 13.2. The minimum Gasteiger partial charge on any atom is -0.507 e. The number of hydrogen-bond acceptors (Lipinski definition) is 1. The van der Waals surface area contributed by atoms with E-state index in [4.69, 9.17) is 0 Å². The fourth-order valence-electron chi connectivity index (χ4n) is 2.42. The third-order valence-electron chi connectivity index (χ3n) is 3.37. The van der Waals surface area contributed by atoms with Gasteiger partial charge in [-0.2, -0.15) is 0 Å². The molecule has 0 bridgehead atoms. The van der Waals surface area contributed by atoms with Crippen molar-refractivity contribution >= 4 is 38.9 Å². The first-order chi connectivity index (χ1) is 9.81. The van der Waals surface area contributed by atoms with Crippen molar-refractivity contribution in [1.29, 1.82) is 0 Å². The lowest BCUT2D eigenvalue weighted by Crippen LogP contribution is -1.90. The molecule has 0 fully saturated rings. The fourth-order valence-corrected chi connectivity index (χ4v) is 3.09. The van der Waals surface area contributed by atoms with Crippen molar-refractivity contribution in [1.82, 2.24) is 0 Å². The van der Waals surface area contributed by atoms with Crippen molar-refractivity contribution in [3.05, 3.63) is 81.9 Å². The number of fused-ring (bicyclic) bond motifs is 1. The third-order valence-corrected chi connectivity index (χ3v) is 3.99. The van der Waals surface area contributed by atoms with Gasteiger partial charge in [-0.05, 0) is 32.1 Å². The molecule has 0 aliphatic rings. The van der Waals surface area contributed by atoms with Crippen LogP contribution in [0.15, 0.2) is 70.8 Å². The molecule has 0 unspecified atom stereocenters. The molecule has 0 heterocycles. The highest BCUT2D eigenvalue weighted by atomic mass is 127. The maximum atomic E-state index is 10.3. The molecule has 0 aliphatic carbocycles. The Kier molecular flexibility index (Phi) is 3.74. The van der Waals surface area contributed by atoms with Crippen LogP contribution in [0.25, 0.3) is 16.3 Å². The minimum absolute atomic E-state index is 0.315. The third kappa shape index (κ3) is 2.31. The minimum atomic E-state index is 0.315. The normalized spacial score (nSPS) is 11.8. The SMILES string of the molecule is Oc1ccc2ccccc2c1C(=CI)c1ccccc1. The molecule has 3 aromatic carbocycles. The van der Waals surface area contributed by atoms with Gasteiger partial charge in [-0.25, -0.2) is 0 Å². The number of aromatic hydroxyl groups is 1. The van der Waals surface area contributed by atoms with Gasteiger partial charge in [0.05, 0.1) is 0 Å². The molecule has 0 saturated heterocycles. The van der Waals surface area contributed by atoms with Gasteiger partial charge in [0.15, 0.2) is 0 Å². The molecule has 98 valence electrons. The number of benzene rings is 3. The zero-order valence-electron chi connectivity index (χ0n) is 10.8. The average Bonchev–Trinajstić information content (AvgIpc) is 2.51. The topological polar surface area (TPSA) is 20.2 Å². The summed E-state index contributed by atoms with van der Waals surface area (Å²) in [6, 6.07) is 22.0. The van der Waals surface area contributed by atoms with E-state index in [1.54, 1.807) is 6.07 Å². The molecule has 0 atom stereocenters. The van der Waals surface area contributed by atoms with Gasteiger partial charge in [0.2, 0.25) is 0 Å². The Hall–Kier alpha value is -1.81. The highest BCUT2D eigenvalue weighted by Gasteiger charge is 2.12. The van der Waals surface area contributed by atoms with Gasteiger partial charge >= 0.3 is 0 Å². The molecule has 0 amide bonds. The van der Waals surface area contributed by atoms with Gasteiger partial charge in [-0.15, -0.1) is 0 Å². The number of hydrogen-bond donors (Lipinski definition) is 1. The summed E-state index contributed by atoms with van der Waals surface area (Å²) in [6.07, 6.45) is 0. The van der Waals surface area contributed by atoms with Crippen LogP contribution >= 0.6 is 22.6 Å². The predicted octanol–water partition coefficient (Wildman–Crippen LogP) is 5.37. The smallest absolute Gasteiger partial charge is 0.124 e. The molecule has 3 rings (SSSR count). The zero-order chi connectivity index (χ0) is 13.9. The van der Waals surface area contributed by atoms with E-state index < -0.39 is 0 Å². The van der Waals surface area contributed by atoms with Crippen molar-refractivity contribution in [3.8, 4) is 5.75 Å². The first-order valence-electron chi connectivity index (χ1n) is 6.38. The molecule has 1 N–H and O–H groups in total. The summed E-state index contributed by atoms with van der Waals surface area (Å²) in [7, 11) is 0. The van der Waals surface area contributed by atoms with Crippen molar-refractivity contribution in [3.63, 3.8) is 0 Å². The van der Waals surface area contributed by atoms with Crippen LogP contribution < -0.4 is 0 Å². The highest BCUT2D eigenvalue weighted by Crippen LogP contribution is 2.37. The Morgan fingerprint density at radius 2 is 1.55 bits per heavy atom. The van der Waals surface area contributed by atoms with Gasteiger partial charge in [-0.3, -0.25) is 0 Å². The van der Waals surface area contributed by atoms with Crippen molar-refractivity contribution < 1.29 is 5.11 Å². The van der Waals surface area contributed by atoms with Crippen LogP contribution in [-0.2, 0) is 0 Å². The first-order valence-corrected chi connectivity index (χ1v) is 7.62. The summed E-state index contributed by atoms with van der Waals surface area (Å²) in [5.41, 5.74) is 3.04. The lowest BCUT2D eigenvalue weighted by molar-refractivity contribution is 0.474. The Balaban J connectivity index is 2.31. The fraction of sp³-hybridized carbons (Fsp3) is 0. The van der Waals surface area contributed by atoms with Crippen LogP contribution in [-0.4, -0.2) is 5.11 Å². The average molecular weight is 372 g/mol. The second-order valence-electron chi connectivity index (χ2n) is 4.57. The Morgan fingerprint density at radius 3 is 2.30 bits per heavy atom. The largest absolute Gasteiger partial charge is 0.507 e. The molecule has 0 radical (unpaired) electrons. The maximum absolute atomic E-state index is 10.3. The Morgan fingerprint density at radius 1 is 0.850 bits per heavy atom. The van der Waals surface area contributed by atoms with Crippen molar-refractivity contribution in [2.24, 2.45) is 0 Å². The number of halogens is 1. The van der Waals surface area contributed by atoms with E-state index in [9.17, 15) is 5.11 Å². The van der Waals surface area contributed by atoms with Gasteiger partial charge < -0.3 is 5.11 Å². The molecule has 20 heavy (non-hydrogen) atoms. The second-order valence-corrected chi connectivity index (χ2v) is 5.19. The quantitative estimate of drug-likeness (QED) is 0.600. The molecular weight excluding hydrogens is 359 g/mol. The molecule has 0 aromatic heterocycles. The zero-order valence-corrected chi connectivity index (χ0v) is 12.9. The summed E-state index contributed by atoms with van der Waals surface area (Å²) in [5.74, 6) is 0.315.